The SMILES string of the molecule is C1=CC(c2cccc(N(c3ccc(-c4ccc(N(c5cccc(-c6ccccc6)c5)c5ccc6c(c5)c5ccccc5n6C5=CCCC=C5)cc4)cc3)c3ccc4c(c3)c3ccccc3n4-c3ccccc3)c2)=CCC1. The molecule has 76 heavy (non-hydrogen) atoms. The molecule has 0 aliphatic heterocycles. The Balaban J connectivity index is 0.854. The number of nitrogens with zero attached hydrogens (tertiary/aromatic N) is 4. The topological polar surface area (TPSA) is 16.3 Å². The van der Waals surface area contributed by atoms with E-state index in [1.807, 2.05) is 0 Å². The fourth-order valence-electron chi connectivity index (χ4n) is 11.7. The average Bonchev–Trinajstić information content (AvgIpc) is 4.02. The summed E-state index contributed by atoms with van der Waals surface area (Å²) in [6.45, 7) is 0. The van der Waals surface area contributed by atoms with Crippen molar-refractivity contribution >= 4 is 89.0 Å². The van der Waals surface area contributed by atoms with Gasteiger partial charge >= 0.3 is 0 Å². The number of hydrogen-bond donors (Lipinski definition) is 0. The maximum atomic E-state index is 2.43. The molecule has 0 spiro atoms. The molecule has 0 unspecified atom stereocenters. The van der Waals surface area contributed by atoms with Crippen LogP contribution in [0.1, 0.15) is 31.2 Å². The number of rotatable bonds is 11. The third-order valence-corrected chi connectivity index (χ3v) is 15.3. The van der Waals surface area contributed by atoms with Crippen molar-refractivity contribution in [1.82, 2.24) is 9.13 Å². The predicted octanol–water partition coefficient (Wildman–Crippen LogP) is 20.1. The summed E-state index contributed by atoms with van der Waals surface area (Å²) in [5, 5.41) is 4.93. The van der Waals surface area contributed by atoms with Gasteiger partial charge in [-0.3, -0.25) is 0 Å². The molecule has 14 rings (SSSR count). The van der Waals surface area contributed by atoms with E-state index in [1.165, 1.54) is 71.6 Å². The standard InChI is InChI=1S/C72H54N4/c1-5-19-51(20-6-1)55-23-17-29-61(47-55)73(63-43-45-71-67(49-63)65-31-13-15-33-69(65)75(71)57-25-9-3-10-26-57)59-39-35-53(36-40-59)54-37-41-60(42-38-54)74(62-30-18-24-56(48-62)52-21-7-2-8-22-52)64-44-46-72-68(50-64)66-32-14-16-34-70(66)76(72)58-27-11-4-12-28-58/h1,4-7,9,11-50H,2-3,8,10H2. The number of anilines is 6. The van der Waals surface area contributed by atoms with Gasteiger partial charge in [0.2, 0.25) is 0 Å². The maximum absolute atomic E-state index is 2.43. The zero-order valence-electron chi connectivity index (χ0n) is 42.2. The molecule has 0 atom stereocenters. The van der Waals surface area contributed by atoms with Gasteiger partial charge in [-0.2, -0.15) is 0 Å². The fourth-order valence-corrected chi connectivity index (χ4v) is 11.7. The van der Waals surface area contributed by atoms with E-state index in [4.69, 9.17) is 0 Å². The molecule has 0 saturated heterocycles. The zero-order chi connectivity index (χ0) is 50.4. The second-order valence-electron chi connectivity index (χ2n) is 19.9. The summed E-state index contributed by atoms with van der Waals surface area (Å²) in [6.07, 6.45) is 18.1. The molecule has 0 bridgehead atoms. The molecule has 2 aliphatic rings. The number of hydrogen-bond acceptors (Lipinski definition) is 2. The summed E-state index contributed by atoms with van der Waals surface area (Å²) in [4.78, 5) is 4.82. The highest BCUT2D eigenvalue weighted by Gasteiger charge is 2.21. The minimum absolute atomic E-state index is 1.05. The molecule has 2 aliphatic carbocycles. The highest BCUT2D eigenvalue weighted by Crippen LogP contribution is 2.44. The van der Waals surface area contributed by atoms with Gasteiger partial charge in [-0.1, -0.05) is 164 Å². The van der Waals surface area contributed by atoms with Crippen molar-refractivity contribution in [3.8, 4) is 27.9 Å². The maximum Gasteiger partial charge on any atom is 0.0542 e. The Morgan fingerprint density at radius 3 is 1.30 bits per heavy atom. The zero-order valence-corrected chi connectivity index (χ0v) is 42.2. The van der Waals surface area contributed by atoms with Crippen molar-refractivity contribution in [3.05, 3.63) is 285 Å². The minimum atomic E-state index is 1.05. The van der Waals surface area contributed by atoms with Crippen LogP contribution in [0.4, 0.5) is 34.1 Å². The van der Waals surface area contributed by atoms with E-state index in [-0.39, 0.29) is 0 Å². The molecule has 0 radical (unpaired) electrons. The number of allylic oxidation sites excluding steroid dienone is 8. The van der Waals surface area contributed by atoms with Crippen LogP contribution in [0.15, 0.2) is 279 Å². The lowest BCUT2D eigenvalue weighted by Gasteiger charge is -2.27. The van der Waals surface area contributed by atoms with Crippen molar-refractivity contribution in [2.45, 2.75) is 25.7 Å². The van der Waals surface area contributed by atoms with Crippen molar-refractivity contribution in [1.29, 1.82) is 0 Å². The van der Waals surface area contributed by atoms with Crippen LogP contribution in [0.3, 0.4) is 0 Å². The second kappa shape index (κ2) is 19.3. The van der Waals surface area contributed by atoms with Crippen molar-refractivity contribution in [2.75, 3.05) is 9.80 Å². The molecule has 0 fully saturated rings. The molecule has 362 valence electrons. The van der Waals surface area contributed by atoms with Gasteiger partial charge in [-0.15, -0.1) is 0 Å². The highest BCUT2D eigenvalue weighted by molar-refractivity contribution is 6.12. The Hall–Kier alpha value is -9.64. The van der Waals surface area contributed by atoms with E-state index in [2.05, 4.69) is 298 Å². The van der Waals surface area contributed by atoms with Crippen LogP contribution in [0, 0.1) is 0 Å². The molecule has 0 N–H and O–H groups in total. The van der Waals surface area contributed by atoms with Crippen LogP contribution in [0.5, 0.6) is 0 Å². The smallest absolute Gasteiger partial charge is 0.0542 e. The Kier molecular flexibility index (Phi) is 11.4. The van der Waals surface area contributed by atoms with Gasteiger partial charge in [0.1, 0.15) is 0 Å². The second-order valence-corrected chi connectivity index (χ2v) is 19.9. The van der Waals surface area contributed by atoms with E-state index < -0.39 is 0 Å². The fraction of sp³-hybridized carbons (Fsp3) is 0.0556. The lowest BCUT2D eigenvalue weighted by atomic mass is 9.98. The number of fused-ring (bicyclic) bond motifs is 6. The van der Waals surface area contributed by atoms with Crippen LogP contribution in [-0.4, -0.2) is 9.13 Å². The number of para-hydroxylation sites is 3. The Morgan fingerprint density at radius 1 is 0.276 bits per heavy atom. The molecule has 0 saturated carbocycles. The summed E-state index contributed by atoms with van der Waals surface area (Å²) < 4.78 is 4.81. The largest absolute Gasteiger partial charge is 0.310 e. The first-order chi connectivity index (χ1) is 37.7. The van der Waals surface area contributed by atoms with Gasteiger partial charge in [0.25, 0.3) is 0 Å². The molecule has 12 aromatic rings. The minimum Gasteiger partial charge on any atom is -0.310 e. The molecule has 2 heterocycles. The first-order valence-corrected chi connectivity index (χ1v) is 26.6. The number of benzene rings is 10. The average molecular weight is 975 g/mol. The quantitative estimate of drug-likeness (QED) is 0.128. The van der Waals surface area contributed by atoms with E-state index in [9.17, 15) is 0 Å². The van der Waals surface area contributed by atoms with Crippen molar-refractivity contribution < 1.29 is 0 Å². The van der Waals surface area contributed by atoms with Crippen LogP contribution in [-0.2, 0) is 0 Å². The van der Waals surface area contributed by atoms with Crippen molar-refractivity contribution in [2.24, 2.45) is 0 Å². The Morgan fingerprint density at radius 2 is 0.724 bits per heavy atom. The third-order valence-electron chi connectivity index (χ3n) is 15.3. The number of aromatic nitrogens is 2. The monoisotopic (exact) mass is 974 g/mol. The van der Waals surface area contributed by atoms with Gasteiger partial charge < -0.3 is 18.9 Å². The van der Waals surface area contributed by atoms with Crippen LogP contribution in [0.25, 0.3) is 82.8 Å². The van der Waals surface area contributed by atoms with Gasteiger partial charge in [-0.05, 0) is 174 Å². The van der Waals surface area contributed by atoms with Gasteiger partial charge in [0, 0.05) is 67.1 Å². The van der Waals surface area contributed by atoms with Crippen molar-refractivity contribution in [3.63, 3.8) is 0 Å². The van der Waals surface area contributed by atoms with Gasteiger partial charge in [-0.25, -0.2) is 0 Å². The van der Waals surface area contributed by atoms with Gasteiger partial charge in [0.05, 0.1) is 22.1 Å². The summed E-state index contributed by atoms with van der Waals surface area (Å²) >= 11 is 0. The molecular formula is C72H54N4. The summed E-state index contributed by atoms with van der Waals surface area (Å²) in [6, 6.07) is 89.0. The highest BCUT2D eigenvalue weighted by atomic mass is 15.1. The van der Waals surface area contributed by atoms with Crippen LogP contribution in [0.2, 0.25) is 0 Å². The Bertz CT molecular complexity index is 4260. The first-order valence-electron chi connectivity index (χ1n) is 26.6. The molecule has 10 aromatic carbocycles. The van der Waals surface area contributed by atoms with Crippen LogP contribution >= 0.6 is 0 Å². The molecule has 2 aromatic heterocycles. The van der Waals surface area contributed by atoms with E-state index in [0.717, 1.165) is 76.6 Å². The molecule has 4 nitrogen and oxygen atoms in total. The van der Waals surface area contributed by atoms with Crippen LogP contribution < -0.4 is 9.80 Å². The molecule has 0 amide bonds. The molecular weight excluding hydrogens is 921 g/mol. The molecule has 4 heteroatoms. The first kappa shape index (κ1) is 45.0. The normalized spacial score (nSPS) is 13.4. The van der Waals surface area contributed by atoms with Gasteiger partial charge in [0.15, 0.2) is 0 Å². The lowest BCUT2D eigenvalue weighted by Crippen LogP contribution is -2.10. The Labute approximate surface area is 444 Å². The summed E-state index contributed by atoms with van der Waals surface area (Å²) in [5.41, 5.74) is 21.0. The van der Waals surface area contributed by atoms with E-state index >= 15 is 0 Å². The van der Waals surface area contributed by atoms with E-state index in [0.29, 0.717) is 0 Å². The third kappa shape index (κ3) is 8.12. The lowest BCUT2D eigenvalue weighted by molar-refractivity contribution is 1.02. The summed E-state index contributed by atoms with van der Waals surface area (Å²) in [7, 11) is 0. The van der Waals surface area contributed by atoms with E-state index in [1.54, 1.807) is 0 Å². The summed E-state index contributed by atoms with van der Waals surface area (Å²) in [5.74, 6) is 0. The predicted molar refractivity (Wildman–Crippen MR) is 323 cm³/mol.